The van der Waals surface area contributed by atoms with Crippen LogP contribution in [0.25, 0.3) is 0 Å². The second-order valence-electron chi connectivity index (χ2n) is 4.53. The molecule has 0 atom stereocenters. The third kappa shape index (κ3) is 3.66. The number of nitrogens with zero attached hydrogens (tertiary/aromatic N) is 1. The molecule has 2 aromatic rings. The summed E-state index contributed by atoms with van der Waals surface area (Å²) in [6.07, 6.45) is 0. The van der Waals surface area contributed by atoms with Crippen LogP contribution in [0.3, 0.4) is 0 Å². The number of aryl methyl sites for hydroxylation is 1. The first-order chi connectivity index (χ1) is 9.99. The molecule has 0 spiro atoms. The molecular formula is C15H13BrN2O3. The van der Waals surface area contributed by atoms with Gasteiger partial charge in [-0.3, -0.25) is 14.9 Å². The molecule has 0 saturated heterocycles. The molecule has 0 aromatic heterocycles. The number of nitro benzene ring substituents is 1. The number of amides is 1. The second-order valence-corrected chi connectivity index (χ2v) is 5.39. The van der Waals surface area contributed by atoms with Gasteiger partial charge >= 0.3 is 0 Å². The quantitative estimate of drug-likeness (QED) is 0.677. The Bertz CT molecular complexity index is 701. The second kappa shape index (κ2) is 6.49. The van der Waals surface area contributed by atoms with Crippen molar-refractivity contribution >= 4 is 27.5 Å². The zero-order valence-electron chi connectivity index (χ0n) is 11.3. The molecule has 1 amide bonds. The molecule has 0 unspecified atom stereocenters. The molecule has 5 nitrogen and oxygen atoms in total. The molecule has 0 heterocycles. The maximum atomic E-state index is 12.1. The van der Waals surface area contributed by atoms with Crippen LogP contribution in [0.4, 0.5) is 5.69 Å². The minimum absolute atomic E-state index is 0.126. The van der Waals surface area contributed by atoms with Gasteiger partial charge in [0, 0.05) is 18.2 Å². The summed E-state index contributed by atoms with van der Waals surface area (Å²) in [5, 5.41) is 13.6. The monoisotopic (exact) mass is 348 g/mol. The molecule has 21 heavy (non-hydrogen) atoms. The van der Waals surface area contributed by atoms with E-state index in [1.54, 1.807) is 6.07 Å². The van der Waals surface area contributed by atoms with E-state index in [4.69, 9.17) is 0 Å². The molecule has 2 aromatic carbocycles. The van der Waals surface area contributed by atoms with Crippen LogP contribution >= 0.6 is 15.9 Å². The van der Waals surface area contributed by atoms with Crippen molar-refractivity contribution in [1.82, 2.24) is 5.32 Å². The molecule has 0 radical (unpaired) electrons. The number of carbonyl (C=O) groups excluding carboxylic acids is 1. The molecule has 0 aliphatic carbocycles. The van der Waals surface area contributed by atoms with Gasteiger partial charge < -0.3 is 5.32 Å². The Balaban J connectivity index is 2.12. The predicted molar refractivity (Wildman–Crippen MR) is 83.1 cm³/mol. The van der Waals surface area contributed by atoms with Gasteiger partial charge in [-0.15, -0.1) is 0 Å². The van der Waals surface area contributed by atoms with Crippen LogP contribution < -0.4 is 5.32 Å². The first-order valence-corrected chi connectivity index (χ1v) is 7.05. The Morgan fingerprint density at radius 1 is 1.29 bits per heavy atom. The lowest BCUT2D eigenvalue weighted by atomic mass is 10.1. The van der Waals surface area contributed by atoms with Crippen LogP contribution in [0.5, 0.6) is 0 Å². The van der Waals surface area contributed by atoms with Gasteiger partial charge in [-0.25, -0.2) is 0 Å². The lowest BCUT2D eigenvalue weighted by Crippen LogP contribution is -2.23. The van der Waals surface area contributed by atoms with Gasteiger partial charge in [0.2, 0.25) is 0 Å². The van der Waals surface area contributed by atoms with Crippen LogP contribution in [0.15, 0.2) is 46.9 Å². The highest BCUT2D eigenvalue weighted by Crippen LogP contribution is 2.25. The van der Waals surface area contributed by atoms with Crippen LogP contribution in [-0.2, 0) is 6.54 Å². The van der Waals surface area contributed by atoms with E-state index in [9.17, 15) is 14.9 Å². The lowest BCUT2D eigenvalue weighted by Gasteiger charge is -2.08. The molecule has 0 saturated carbocycles. The Hall–Kier alpha value is -2.21. The van der Waals surface area contributed by atoms with Gasteiger partial charge in [0.05, 0.1) is 9.40 Å². The number of carbonyl (C=O) groups is 1. The topological polar surface area (TPSA) is 72.2 Å². The van der Waals surface area contributed by atoms with Crippen molar-refractivity contribution in [3.8, 4) is 0 Å². The van der Waals surface area contributed by atoms with E-state index in [0.717, 1.165) is 11.1 Å². The van der Waals surface area contributed by atoms with Crippen LogP contribution in [0, 0.1) is 17.0 Å². The Morgan fingerprint density at radius 3 is 2.67 bits per heavy atom. The molecule has 0 bridgehead atoms. The number of hydrogen-bond donors (Lipinski definition) is 1. The Kier molecular flexibility index (Phi) is 4.70. The minimum Gasteiger partial charge on any atom is -0.348 e. The molecule has 0 aliphatic rings. The van der Waals surface area contributed by atoms with E-state index >= 15 is 0 Å². The maximum Gasteiger partial charge on any atom is 0.284 e. The number of nitrogens with one attached hydrogen (secondary N) is 1. The molecule has 2 rings (SSSR count). The average Bonchev–Trinajstić information content (AvgIpc) is 2.46. The summed E-state index contributed by atoms with van der Waals surface area (Å²) in [6.45, 7) is 2.35. The summed E-state index contributed by atoms with van der Waals surface area (Å²) < 4.78 is 0.350. The fraction of sp³-hybridized carbons (Fsp3) is 0.133. The van der Waals surface area contributed by atoms with E-state index < -0.39 is 4.92 Å². The summed E-state index contributed by atoms with van der Waals surface area (Å²) in [7, 11) is 0. The van der Waals surface area contributed by atoms with Gasteiger partial charge in [0.1, 0.15) is 0 Å². The third-order valence-corrected chi connectivity index (χ3v) is 3.78. The first-order valence-electron chi connectivity index (χ1n) is 6.25. The molecular weight excluding hydrogens is 336 g/mol. The standard InChI is InChI=1S/C15H13BrN2O3/c1-10-4-2-3-5-12(10)9-17-15(19)11-6-7-13(16)14(8-11)18(20)21/h2-8H,9H2,1H3,(H,17,19). The number of hydrogen-bond acceptors (Lipinski definition) is 3. The molecule has 108 valence electrons. The van der Waals surface area contributed by atoms with Gasteiger partial charge in [0.15, 0.2) is 0 Å². The zero-order valence-corrected chi connectivity index (χ0v) is 12.9. The van der Waals surface area contributed by atoms with E-state index in [-0.39, 0.29) is 17.2 Å². The van der Waals surface area contributed by atoms with E-state index in [1.165, 1.54) is 12.1 Å². The van der Waals surface area contributed by atoms with Gasteiger partial charge in [-0.05, 0) is 46.1 Å². The highest BCUT2D eigenvalue weighted by atomic mass is 79.9. The summed E-state index contributed by atoms with van der Waals surface area (Å²) >= 11 is 3.09. The van der Waals surface area contributed by atoms with Crippen LogP contribution in [-0.4, -0.2) is 10.8 Å². The summed E-state index contributed by atoms with van der Waals surface area (Å²) in [5.41, 5.74) is 2.23. The van der Waals surface area contributed by atoms with Gasteiger partial charge in [-0.2, -0.15) is 0 Å². The van der Waals surface area contributed by atoms with Gasteiger partial charge in [-0.1, -0.05) is 24.3 Å². The van der Waals surface area contributed by atoms with E-state index in [1.807, 2.05) is 31.2 Å². The van der Waals surface area contributed by atoms with Crippen molar-refractivity contribution in [2.75, 3.05) is 0 Å². The van der Waals surface area contributed by atoms with E-state index in [2.05, 4.69) is 21.2 Å². The van der Waals surface area contributed by atoms with Crippen molar-refractivity contribution in [2.24, 2.45) is 0 Å². The zero-order chi connectivity index (χ0) is 15.4. The Morgan fingerprint density at radius 2 is 2.00 bits per heavy atom. The first kappa shape index (κ1) is 15.2. The highest BCUT2D eigenvalue weighted by Gasteiger charge is 2.15. The molecule has 0 aliphatic heterocycles. The summed E-state index contributed by atoms with van der Waals surface area (Å²) in [4.78, 5) is 22.4. The van der Waals surface area contributed by atoms with Crippen molar-refractivity contribution < 1.29 is 9.72 Å². The lowest BCUT2D eigenvalue weighted by molar-refractivity contribution is -0.385. The average molecular weight is 349 g/mol. The Labute approximate surface area is 130 Å². The number of nitro groups is 1. The minimum atomic E-state index is -0.526. The summed E-state index contributed by atoms with van der Waals surface area (Å²) in [6, 6.07) is 12.0. The maximum absolute atomic E-state index is 12.1. The van der Waals surface area contributed by atoms with Crippen molar-refractivity contribution in [3.05, 3.63) is 73.7 Å². The largest absolute Gasteiger partial charge is 0.348 e. The van der Waals surface area contributed by atoms with Crippen LogP contribution in [0.2, 0.25) is 0 Å². The van der Waals surface area contributed by atoms with Crippen molar-refractivity contribution in [2.45, 2.75) is 13.5 Å². The molecule has 6 heteroatoms. The smallest absolute Gasteiger partial charge is 0.284 e. The predicted octanol–water partition coefficient (Wildman–Crippen LogP) is 3.60. The van der Waals surface area contributed by atoms with Crippen molar-refractivity contribution in [3.63, 3.8) is 0 Å². The number of benzene rings is 2. The van der Waals surface area contributed by atoms with Crippen LogP contribution in [0.1, 0.15) is 21.5 Å². The molecule has 0 fully saturated rings. The fourth-order valence-corrected chi connectivity index (χ4v) is 2.27. The SMILES string of the molecule is Cc1ccccc1CNC(=O)c1ccc(Br)c([N+](=O)[O-])c1. The highest BCUT2D eigenvalue weighted by molar-refractivity contribution is 9.10. The fourth-order valence-electron chi connectivity index (χ4n) is 1.88. The summed E-state index contributed by atoms with van der Waals surface area (Å²) in [5.74, 6) is -0.339. The number of halogens is 1. The van der Waals surface area contributed by atoms with Crippen molar-refractivity contribution in [1.29, 1.82) is 0 Å². The van der Waals surface area contributed by atoms with Gasteiger partial charge in [0.25, 0.3) is 11.6 Å². The third-order valence-electron chi connectivity index (χ3n) is 3.11. The number of rotatable bonds is 4. The van der Waals surface area contributed by atoms with E-state index in [0.29, 0.717) is 11.0 Å². The molecule has 1 N–H and O–H groups in total. The normalized spacial score (nSPS) is 10.2.